The molecule has 0 aromatic carbocycles. The van der Waals surface area contributed by atoms with Gasteiger partial charge in [0.05, 0.1) is 6.61 Å². The molecule has 1 N–H and O–H groups in total. The molecule has 0 radical (unpaired) electrons. The van der Waals surface area contributed by atoms with Gasteiger partial charge in [0, 0.05) is 30.5 Å². The first kappa shape index (κ1) is 12.6. The number of halogens is 2. The largest absolute Gasteiger partial charge is 0.381 e. The molecule has 84 valence electrons. The van der Waals surface area contributed by atoms with Crippen LogP contribution in [0.25, 0.3) is 0 Å². The Labute approximate surface area is 96.3 Å². The zero-order valence-electron chi connectivity index (χ0n) is 8.69. The van der Waals surface area contributed by atoms with Crippen molar-refractivity contribution >= 4 is 23.2 Å². The lowest BCUT2D eigenvalue weighted by Crippen LogP contribution is -2.50. The van der Waals surface area contributed by atoms with Crippen LogP contribution in [0.15, 0.2) is 0 Å². The van der Waals surface area contributed by atoms with Crippen molar-refractivity contribution in [2.75, 3.05) is 31.5 Å². The minimum absolute atomic E-state index is 0.0916. The zero-order chi connectivity index (χ0) is 10.4. The van der Waals surface area contributed by atoms with Crippen molar-refractivity contribution in [1.29, 1.82) is 0 Å². The predicted octanol–water partition coefficient (Wildman–Crippen LogP) is 2.24. The summed E-state index contributed by atoms with van der Waals surface area (Å²) in [7, 11) is 0. The van der Waals surface area contributed by atoms with E-state index in [0.717, 1.165) is 32.6 Å². The van der Waals surface area contributed by atoms with Crippen LogP contribution in [0.5, 0.6) is 0 Å². The van der Waals surface area contributed by atoms with Crippen molar-refractivity contribution in [3.05, 3.63) is 0 Å². The van der Waals surface area contributed by atoms with Gasteiger partial charge in [0.15, 0.2) is 0 Å². The van der Waals surface area contributed by atoms with Crippen molar-refractivity contribution in [2.24, 2.45) is 5.92 Å². The van der Waals surface area contributed by atoms with Gasteiger partial charge in [-0.3, -0.25) is 0 Å². The van der Waals surface area contributed by atoms with Crippen LogP contribution in [0.4, 0.5) is 0 Å². The van der Waals surface area contributed by atoms with Crippen molar-refractivity contribution in [2.45, 2.75) is 25.3 Å². The third-order valence-corrected chi connectivity index (χ3v) is 4.00. The third kappa shape index (κ3) is 3.27. The highest BCUT2D eigenvalue weighted by Crippen LogP contribution is 2.17. The van der Waals surface area contributed by atoms with Crippen LogP contribution in [-0.4, -0.2) is 37.1 Å². The third-order valence-electron chi connectivity index (χ3n) is 2.98. The average Bonchev–Trinajstić information content (AvgIpc) is 2.74. The van der Waals surface area contributed by atoms with E-state index in [1.54, 1.807) is 0 Å². The van der Waals surface area contributed by atoms with Gasteiger partial charge in [0.2, 0.25) is 0 Å². The van der Waals surface area contributed by atoms with Crippen LogP contribution in [0.2, 0.25) is 0 Å². The maximum Gasteiger partial charge on any atom is 0.0507 e. The van der Waals surface area contributed by atoms with Crippen molar-refractivity contribution < 1.29 is 4.74 Å². The van der Waals surface area contributed by atoms with E-state index in [1.165, 1.54) is 0 Å². The summed E-state index contributed by atoms with van der Waals surface area (Å²) in [6, 6.07) is 0. The summed E-state index contributed by atoms with van der Waals surface area (Å²) in [5.41, 5.74) is -0.0916. The molecule has 0 bridgehead atoms. The molecule has 0 aromatic heterocycles. The molecule has 4 heteroatoms. The van der Waals surface area contributed by atoms with Gasteiger partial charge in [-0.1, -0.05) is 6.92 Å². The topological polar surface area (TPSA) is 21.3 Å². The van der Waals surface area contributed by atoms with E-state index in [2.05, 4.69) is 12.2 Å². The lowest BCUT2D eigenvalue weighted by Gasteiger charge is -2.30. The van der Waals surface area contributed by atoms with Gasteiger partial charge in [0.25, 0.3) is 0 Å². The molecule has 1 aliphatic rings. The fourth-order valence-electron chi connectivity index (χ4n) is 1.55. The number of hydrogen-bond acceptors (Lipinski definition) is 2. The van der Waals surface area contributed by atoms with E-state index in [9.17, 15) is 0 Å². The van der Waals surface area contributed by atoms with E-state index < -0.39 is 0 Å². The molecule has 1 atom stereocenters. The summed E-state index contributed by atoms with van der Waals surface area (Å²) in [5, 5.41) is 3.48. The molecular formula is C10H19Cl2NO. The molecule has 0 saturated carbocycles. The summed E-state index contributed by atoms with van der Waals surface area (Å²) < 4.78 is 5.32. The number of hydrogen-bond donors (Lipinski definition) is 1. The highest BCUT2D eigenvalue weighted by Gasteiger charge is 2.27. The van der Waals surface area contributed by atoms with E-state index in [-0.39, 0.29) is 5.54 Å². The molecule has 1 fully saturated rings. The molecule has 1 saturated heterocycles. The number of alkyl halides is 2. The summed E-state index contributed by atoms with van der Waals surface area (Å²) in [6.07, 6.45) is 2.12. The summed E-state index contributed by atoms with van der Waals surface area (Å²) >= 11 is 11.9. The fraction of sp³-hybridized carbons (Fsp3) is 1.00. The van der Waals surface area contributed by atoms with Crippen LogP contribution in [0.1, 0.15) is 19.8 Å². The van der Waals surface area contributed by atoms with E-state index in [0.29, 0.717) is 17.7 Å². The Bertz CT molecular complexity index is 148. The number of ether oxygens (including phenoxy) is 1. The van der Waals surface area contributed by atoms with Crippen LogP contribution in [-0.2, 0) is 4.74 Å². The number of nitrogens with one attached hydrogen (secondary N) is 1. The first-order valence-corrected chi connectivity index (χ1v) is 6.28. The van der Waals surface area contributed by atoms with E-state index in [1.807, 2.05) is 0 Å². The molecule has 2 nitrogen and oxygen atoms in total. The Balaban J connectivity index is 2.31. The van der Waals surface area contributed by atoms with Crippen molar-refractivity contribution in [1.82, 2.24) is 5.32 Å². The van der Waals surface area contributed by atoms with Crippen LogP contribution >= 0.6 is 23.2 Å². The average molecular weight is 240 g/mol. The Hall–Kier alpha value is 0.500. The minimum atomic E-state index is -0.0916. The fourth-order valence-corrected chi connectivity index (χ4v) is 2.40. The van der Waals surface area contributed by atoms with Gasteiger partial charge in [0.1, 0.15) is 0 Å². The SMILES string of the molecule is CCC(CCl)(CCl)NCC1CCOC1. The molecule has 1 heterocycles. The Morgan fingerprint density at radius 3 is 2.57 bits per heavy atom. The van der Waals surface area contributed by atoms with Gasteiger partial charge in [-0.15, -0.1) is 23.2 Å². The molecule has 1 aliphatic heterocycles. The highest BCUT2D eigenvalue weighted by molar-refractivity contribution is 6.22. The summed E-state index contributed by atoms with van der Waals surface area (Å²) in [4.78, 5) is 0. The van der Waals surface area contributed by atoms with Gasteiger partial charge in [-0.05, 0) is 18.8 Å². The monoisotopic (exact) mass is 239 g/mol. The van der Waals surface area contributed by atoms with Gasteiger partial charge in [-0.2, -0.15) is 0 Å². The lowest BCUT2D eigenvalue weighted by atomic mass is 9.99. The van der Waals surface area contributed by atoms with Crippen molar-refractivity contribution in [3.63, 3.8) is 0 Å². The molecular weight excluding hydrogens is 221 g/mol. The van der Waals surface area contributed by atoms with Crippen LogP contribution < -0.4 is 5.32 Å². The summed E-state index contributed by atoms with van der Waals surface area (Å²) in [6.45, 7) is 4.85. The quantitative estimate of drug-likeness (QED) is 0.719. The molecule has 1 unspecified atom stereocenters. The normalized spacial score (nSPS) is 22.9. The maximum atomic E-state index is 5.93. The molecule has 14 heavy (non-hydrogen) atoms. The van der Waals surface area contributed by atoms with Gasteiger partial charge in [-0.25, -0.2) is 0 Å². The maximum absolute atomic E-state index is 5.93. The Morgan fingerprint density at radius 1 is 1.43 bits per heavy atom. The highest BCUT2D eigenvalue weighted by atomic mass is 35.5. The first-order chi connectivity index (χ1) is 6.76. The Kier molecular flexibility index (Phi) is 5.53. The second-order valence-corrected chi connectivity index (χ2v) is 4.55. The smallest absolute Gasteiger partial charge is 0.0507 e. The second kappa shape index (κ2) is 6.16. The molecule has 0 amide bonds. The predicted molar refractivity (Wildman–Crippen MR) is 61.4 cm³/mol. The van der Waals surface area contributed by atoms with E-state index in [4.69, 9.17) is 27.9 Å². The van der Waals surface area contributed by atoms with Crippen molar-refractivity contribution in [3.8, 4) is 0 Å². The second-order valence-electron chi connectivity index (χ2n) is 4.01. The van der Waals surface area contributed by atoms with E-state index >= 15 is 0 Å². The molecule has 0 spiro atoms. The Morgan fingerprint density at radius 2 is 2.14 bits per heavy atom. The molecule has 1 rings (SSSR count). The van der Waals surface area contributed by atoms with Crippen LogP contribution in [0.3, 0.4) is 0 Å². The first-order valence-electron chi connectivity index (χ1n) is 5.21. The molecule has 0 aliphatic carbocycles. The van der Waals surface area contributed by atoms with Gasteiger partial charge < -0.3 is 10.1 Å². The standard InChI is InChI=1S/C10H19Cl2NO/c1-2-10(7-11,8-12)13-5-9-3-4-14-6-9/h9,13H,2-8H2,1H3. The van der Waals surface area contributed by atoms with Crippen LogP contribution in [0, 0.1) is 5.92 Å². The molecule has 0 aromatic rings. The minimum Gasteiger partial charge on any atom is -0.381 e. The lowest BCUT2D eigenvalue weighted by molar-refractivity contribution is 0.183. The summed E-state index contributed by atoms with van der Waals surface area (Å²) in [5.74, 6) is 1.77. The number of rotatable bonds is 6. The zero-order valence-corrected chi connectivity index (χ0v) is 10.2. The van der Waals surface area contributed by atoms with Gasteiger partial charge >= 0.3 is 0 Å².